The van der Waals surface area contributed by atoms with Gasteiger partial charge in [-0.25, -0.2) is 0 Å². The molecule has 1 atom stereocenters. The summed E-state index contributed by atoms with van der Waals surface area (Å²) in [6.45, 7) is 0. The molecule has 11 heavy (non-hydrogen) atoms. The fourth-order valence-electron chi connectivity index (χ4n) is 1.15. The molecule has 0 N–H and O–H groups in total. The zero-order valence-corrected chi connectivity index (χ0v) is 8.45. The highest BCUT2D eigenvalue weighted by Gasteiger charge is 2.05. The van der Waals surface area contributed by atoms with Crippen molar-refractivity contribution >= 4 is 28.9 Å². The minimum atomic E-state index is 0.469. The van der Waals surface area contributed by atoms with E-state index in [1.54, 1.807) is 0 Å². The first-order valence-electron chi connectivity index (χ1n) is 3.80. The smallest absolute Gasteiger partial charge is 0.120 e. The van der Waals surface area contributed by atoms with Crippen molar-refractivity contribution in [3.8, 4) is 0 Å². The first kappa shape index (κ1) is 8.97. The monoisotopic (exact) mass is 262 g/mol. The lowest BCUT2D eigenvalue weighted by molar-refractivity contribution is -0.108. The number of hydrogen-bond donors (Lipinski definition) is 0. The van der Waals surface area contributed by atoms with E-state index in [-0.39, 0.29) is 0 Å². The molecule has 1 nitrogen and oxygen atoms in total. The van der Waals surface area contributed by atoms with Crippen molar-refractivity contribution in [2.45, 2.75) is 19.3 Å². The first-order chi connectivity index (χ1) is 5.33. The first-order valence-corrected chi connectivity index (χ1v) is 4.88. The van der Waals surface area contributed by atoms with Crippen LogP contribution in [0.25, 0.3) is 0 Å². The van der Waals surface area contributed by atoms with Gasteiger partial charge in [0.15, 0.2) is 0 Å². The van der Waals surface area contributed by atoms with Gasteiger partial charge in [-0.05, 0) is 41.4 Å². The number of rotatable bonds is 2. The van der Waals surface area contributed by atoms with E-state index >= 15 is 0 Å². The minimum Gasteiger partial charge on any atom is -0.303 e. The normalized spacial score (nSPS) is 24.1. The Morgan fingerprint density at radius 3 is 3.27 bits per heavy atom. The van der Waals surface area contributed by atoms with Crippen LogP contribution in [0, 0.1) is 5.92 Å². The standard InChI is InChI=1S/C9H11IO/c10-9-3-1-2-8(4-5-9)6-7-11/h3-5,7-8H,1-2,6H2. The Bertz CT molecular complexity index is 194. The molecule has 1 unspecified atom stereocenters. The summed E-state index contributed by atoms with van der Waals surface area (Å²) in [7, 11) is 0. The summed E-state index contributed by atoms with van der Waals surface area (Å²) in [5.74, 6) is 0.469. The molecule has 0 bridgehead atoms. The van der Waals surface area contributed by atoms with Crippen LogP contribution in [0.5, 0.6) is 0 Å². The summed E-state index contributed by atoms with van der Waals surface area (Å²) in [4.78, 5) is 10.2. The Balaban J connectivity index is 2.50. The largest absolute Gasteiger partial charge is 0.303 e. The van der Waals surface area contributed by atoms with Crippen LogP contribution in [0.3, 0.4) is 0 Å². The van der Waals surface area contributed by atoms with Gasteiger partial charge in [-0.1, -0.05) is 18.2 Å². The topological polar surface area (TPSA) is 17.1 Å². The van der Waals surface area contributed by atoms with Gasteiger partial charge < -0.3 is 4.79 Å². The quantitative estimate of drug-likeness (QED) is 0.552. The lowest BCUT2D eigenvalue weighted by Crippen LogP contribution is -1.95. The Kier molecular flexibility index (Phi) is 3.83. The molecule has 0 aromatic rings. The summed E-state index contributed by atoms with van der Waals surface area (Å²) in [6, 6.07) is 0. The number of halogens is 1. The molecule has 0 saturated carbocycles. The Hall–Kier alpha value is -0.120. The summed E-state index contributed by atoms with van der Waals surface area (Å²) in [5, 5.41) is 0. The van der Waals surface area contributed by atoms with Gasteiger partial charge in [0, 0.05) is 10.0 Å². The third kappa shape index (κ3) is 3.18. The molecular weight excluding hydrogens is 251 g/mol. The molecule has 1 aliphatic rings. The molecule has 0 heterocycles. The second kappa shape index (κ2) is 4.70. The number of hydrogen-bond acceptors (Lipinski definition) is 1. The van der Waals surface area contributed by atoms with Crippen molar-refractivity contribution in [2.75, 3.05) is 0 Å². The number of carbonyl (C=O) groups is 1. The summed E-state index contributed by atoms with van der Waals surface area (Å²) in [5.41, 5.74) is 0. The van der Waals surface area contributed by atoms with E-state index < -0.39 is 0 Å². The van der Waals surface area contributed by atoms with E-state index in [4.69, 9.17) is 0 Å². The van der Waals surface area contributed by atoms with Crippen LogP contribution in [0.15, 0.2) is 21.8 Å². The van der Waals surface area contributed by atoms with Crippen LogP contribution in [0.2, 0.25) is 0 Å². The minimum absolute atomic E-state index is 0.469. The van der Waals surface area contributed by atoms with E-state index in [0.717, 1.165) is 19.1 Å². The SMILES string of the molecule is O=CCC1C=CC(I)=CCC1. The van der Waals surface area contributed by atoms with Gasteiger partial charge in [0.25, 0.3) is 0 Å². The van der Waals surface area contributed by atoms with Crippen LogP contribution >= 0.6 is 22.6 Å². The molecule has 0 aliphatic heterocycles. The third-order valence-corrected chi connectivity index (χ3v) is 2.60. The number of aldehydes is 1. The molecule has 1 aliphatic carbocycles. The van der Waals surface area contributed by atoms with Crippen molar-refractivity contribution in [1.29, 1.82) is 0 Å². The molecular formula is C9H11IO. The Morgan fingerprint density at radius 1 is 1.73 bits per heavy atom. The molecule has 0 aromatic carbocycles. The van der Waals surface area contributed by atoms with E-state index in [9.17, 15) is 4.79 Å². The summed E-state index contributed by atoms with van der Waals surface area (Å²) in [6.07, 6.45) is 10.3. The van der Waals surface area contributed by atoms with Gasteiger partial charge in [0.05, 0.1) is 0 Å². The average Bonchev–Trinajstić information content (AvgIpc) is 2.17. The zero-order chi connectivity index (χ0) is 8.10. The van der Waals surface area contributed by atoms with Gasteiger partial charge in [-0.2, -0.15) is 0 Å². The molecule has 2 heteroatoms. The van der Waals surface area contributed by atoms with Gasteiger partial charge in [0.1, 0.15) is 6.29 Å². The van der Waals surface area contributed by atoms with Gasteiger partial charge in [0.2, 0.25) is 0 Å². The van der Waals surface area contributed by atoms with Gasteiger partial charge >= 0.3 is 0 Å². The Labute approximate surface area is 80.7 Å². The summed E-state index contributed by atoms with van der Waals surface area (Å²) >= 11 is 2.31. The van der Waals surface area contributed by atoms with Crippen LogP contribution < -0.4 is 0 Å². The van der Waals surface area contributed by atoms with Crippen LogP contribution in [0.4, 0.5) is 0 Å². The average molecular weight is 262 g/mol. The highest BCUT2D eigenvalue weighted by atomic mass is 127. The Morgan fingerprint density at radius 2 is 2.55 bits per heavy atom. The molecule has 0 amide bonds. The third-order valence-electron chi connectivity index (χ3n) is 1.80. The lowest BCUT2D eigenvalue weighted by Gasteiger charge is -2.03. The molecule has 0 saturated heterocycles. The molecule has 1 rings (SSSR count). The van der Waals surface area contributed by atoms with Crippen molar-refractivity contribution in [3.63, 3.8) is 0 Å². The second-order valence-corrected chi connectivity index (χ2v) is 3.93. The fraction of sp³-hybridized carbons (Fsp3) is 0.444. The highest BCUT2D eigenvalue weighted by molar-refractivity contribution is 14.1. The fourth-order valence-corrected chi connectivity index (χ4v) is 1.67. The van der Waals surface area contributed by atoms with Crippen LogP contribution in [-0.2, 0) is 4.79 Å². The molecule has 0 aromatic heterocycles. The molecule has 0 spiro atoms. The maximum absolute atomic E-state index is 10.2. The van der Waals surface area contributed by atoms with E-state index in [1.165, 1.54) is 3.58 Å². The highest BCUT2D eigenvalue weighted by Crippen LogP contribution is 2.21. The van der Waals surface area contributed by atoms with E-state index in [1.807, 2.05) is 0 Å². The molecule has 0 radical (unpaired) electrons. The maximum atomic E-state index is 10.2. The van der Waals surface area contributed by atoms with Crippen molar-refractivity contribution in [3.05, 3.63) is 21.8 Å². The van der Waals surface area contributed by atoms with Crippen LogP contribution in [-0.4, -0.2) is 6.29 Å². The van der Waals surface area contributed by atoms with E-state index in [0.29, 0.717) is 12.3 Å². The van der Waals surface area contributed by atoms with Crippen molar-refractivity contribution in [1.82, 2.24) is 0 Å². The van der Waals surface area contributed by atoms with Gasteiger partial charge in [-0.15, -0.1) is 0 Å². The summed E-state index contributed by atoms with van der Waals surface area (Å²) < 4.78 is 1.29. The zero-order valence-electron chi connectivity index (χ0n) is 6.29. The maximum Gasteiger partial charge on any atom is 0.120 e. The predicted molar refractivity (Wildman–Crippen MR) is 54.6 cm³/mol. The number of carbonyl (C=O) groups excluding carboxylic acids is 1. The van der Waals surface area contributed by atoms with Crippen molar-refractivity contribution < 1.29 is 4.79 Å². The second-order valence-electron chi connectivity index (χ2n) is 2.69. The van der Waals surface area contributed by atoms with Crippen LogP contribution in [0.1, 0.15) is 19.3 Å². The predicted octanol–water partition coefficient (Wildman–Crippen LogP) is 2.86. The van der Waals surface area contributed by atoms with Gasteiger partial charge in [-0.3, -0.25) is 0 Å². The van der Waals surface area contributed by atoms with Crippen molar-refractivity contribution in [2.24, 2.45) is 5.92 Å². The molecule has 0 fully saturated rings. The van der Waals surface area contributed by atoms with E-state index in [2.05, 4.69) is 40.8 Å². The lowest BCUT2D eigenvalue weighted by atomic mass is 10.0. The molecule has 60 valence electrons. The number of allylic oxidation sites excluding steroid dienone is 4.